The molecule has 0 saturated heterocycles. The van der Waals surface area contributed by atoms with E-state index in [9.17, 15) is 9.59 Å². The highest BCUT2D eigenvalue weighted by molar-refractivity contribution is 5.75. The van der Waals surface area contributed by atoms with Crippen LogP contribution in [0.5, 0.6) is 0 Å². The summed E-state index contributed by atoms with van der Waals surface area (Å²) in [5.41, 5.74) is 3.44. The summed E-state index contributed by atoms with van der Waals surface area (Å²) in [5, 5.41) is 0. The second-order valence-electron chi connectivity index (χ2n) is 4.06. The van der Waals surface area contributed by atoms with E-state index < -0.39 is 0 Å². The van der Waals surface area contributed by atoms with Crippen LogP contribution in [0.4, 0.5) is 0 Å². The maximum atomic E-state index is 10.7. The average molecular weight is 237 g/mol. The number of aldehydes is 2. The topological polar surface area (TPSA) is 34.1 Å². The van der Waals surface area contributed by atoms with Crippen molar-refractivity contribution in [2.24, 2.45) is 0 Å². The van der Waals surface area contributed by atoms with E-state index in [1.54, 1.807) is 12.1 Å². The fourth-order valence-electron chi connectivity index (χ4n) is 1.79. The van der Waals surface area contributed by atoms with Gasteiger partial charge in [-0.15, -0.1) is 0 Å². The number of hydrogen-bond donors (Lipinski definition) is 0. The summed E-state index contributed by atoms with van der Waals surface area (Å²) in [6.45, 7) is 0. The summed E-state index contributed by atoms with van der Waals surface area (Å²) < 4.78 is 0. The first-order chi connectivity index (χ1) is 8.81. The molecule has 0 saturated carbocycles. The van der Waals surface area contributed by atoms with Gasteiger partial charge in [0.1, 0.15) is 12.6 Å². The van der Waals surface area contributed by atoms with Gasteiger partial charge in [0.25, 0.3) is 0 Å². The molecule has 0 heterocycles. The van der Waals surface area contributed by atoms with Crippen LogP contribution in [-0.2, 0) is 6.42 Å². The van der Waals surface area contributed by atoms with Crippen molar-refractivity contribution in [3.8, 4) is 0 Å². The molecule has 89 valence electrons. The Morgan fingerprint density at radius 2 is 1.39 bits per heavy atom. The zero-order chi connectivity index (χ0) is 12.8. The Morgan fingerprint density at radius 3 is 2.11 bits per heavy atom. The molecular weight excluding hydrogens is 224 g/mol. The first-order valence-corrected chi connectivity index (χ1v) is 5.74. The molecule has 0 bridgehead atoms. The molecule has 0 aliphatic carbocycles. The highest BCUT2D eigenvalue weighted by Gasteiger charge is 1.99. The summed E-state index contributed by atoms with van der Waals surface area (Å²) in [7, 11) is 0. The fourth-order valence-corrected chi connectivity index (χ4v) is 1.79. The molecule has 0 fully saturated rings. The number of rotatable bonds is 5. The van der Waals surface area contributed by atoms with Crippen molar-refractivity contribution in [1.82, 2.24) is 0 Å². The minimum atomic E-state index is 0.672. The highest BCUT2D eigenvalue weighted by atomic mass is 16.1. The molecule has 0 N–H and O–H groups in total. The maximum Gasteiger partial charge on any atom is 0.150 e. The van der Waals surface area contributed by atoms with E-state index in [1.165, 1.54) is 0 Å². The molecule has 0 amide bonds. The number of hydrogen-bond acceptors (Lipinski definition) is 2. The second-order valence-corrected chi connectivity index (χ2v) is 4.06. The first-order valence-electron chi connectivity index (χ1n) is 5.74. The molecule has 2 aromatic carbocycles. The number of carbonyl (C=O) groups excluding carboxylic acids is 2. The molecule has 0 aliphatic heterocycles. The van der Waals surface area contributed by atoms with Crippen LogP contribution in [0.3, 0.4) is 0 Å². The van der Waals surface area contributed by atoms with E-state index in [-0.39, 0.29) is 0 Å². The molecule has 2 rings (SSSR count). The summed E-state index contributed by atoms with van der Waals surface area (Å²) in [5.74, 6) is 0. The van der Waals surface area contributed by atoms with Gasteiger partial charge in [0.05, 0.1) is 0 Å². The van der Waals surface area contributed by atoms with E-state index in [0.717, 1.165) is 30.1 Å². The molecule has 2 heteroatoms. The quantitative estimate of drug-likeness (QED) is 0.749. The van der Waals surface area contributed by atoms with Gasteiger partial charge in [0.2, 0.25) is 0 Å². The van der Waals surface area contributed by atoms with Crippen molar-refractivity contribution in [1.29, 1.82) is 0 Å². The molecule has 18 heavy (non-hydrogen) atoms. The lowest BCUT2D eigenvalue weighted by atomic mass is 10.0. The molecule has 0 aliphatic rings. The minimum Gasteiger partial charge on any atom is -0.298 e. The Labute approximate surface area is 106 Å². The van der Waals surface area contributed by atoms with Gasteiger partial charge in [0.15, 0.2) is 0 Å². The van der Waals surface area contributed by atoms with Crippen molar-refractivity contribution in [3.05, 3.63) is 77.2 Å². The summed E-state index contributed by atoms with van der Waals surface area (Å²) in [6.07, 6.45) is 4.46. The number of carbonyl (C=O) groups is 2. The van der Waals surface area contributed by atoms with E-state index in [4.69, 9.17) is 0 Å². The third-order valence-corrected chi connectivity index (χ3v) is 2.71. The summed E-state index contributed by atoms with van der Waals surface area (Å²) in [4.78, 5) is 21.3. The molecule has 2 nitrogen and oxygen atoms in total. The smallest absolute Gasteiger partial charge is 0.150 e. The van der Waals surface area contributed by atoms with E-state index in [0.29, 0.717) is 11.1 Å². The second kappa shape index (κ2) is 5.92. The van der Waals surface area contributed by atoms with Crippen LogP contribution in [0, 0.1) is 6.42 Å². The van der Waals surface area contributed by atoms with Crippen LogP contribution >= 0.6 is 0 Å². The largest absolute Gasteiger partial charge is 0.298 e. The molecular formula is C16H13O2. The maximum absolute atomic E-state index is 10.7. The van der Waals surface area contributed by atoms with Crippen LogP contribution < -0.4 is 0 Å². The SMILES string of the molecule is O=Cc1cccc([CH]Cc2cccc(C=O)c2)c1. The van der Waals surface area contributed by atoms with Crippen molar-refractivity contribution >= 4 is 12.6 Å². The third-order valence-electron chi connectivity index (χ3n) is 2.71. The lowest BCUT2D eigenvalue weighted by Crippen LogP contribution is -1.91. The van der Waals surface area contributed by atoms with Crippen molar-refractivity contribution < 1.29 is 9.59 Å². The Hall–Kier alpha value is -2.22. The molecule has 0 spiro atoms. The summed E-state index contributed by atoms with van der Waals surface area (Å²) in [6, 6.07) is 14.9. The van der Waals surface area contributed by atoms with Crippen molar-refractivity contribution in [2.75, 3.05) is 0 Å². The predicted octanol–water partition coefficient (Wildman–Crippen LogP) is 3.11. The molecule has 0 atom stereocenters. The van der Waals surface area contributed by atoms with Gasteiger partial charge in [-0.1, -0.05) is 36.4 Å². The molecule has 0 aromatic heterocycles. The zero-order valence-corrected chi connectivity index (χ0v) is 9.87. The Bertz CT molecular complexity index is 507. The Kier molecular flexibility index (Phi) is 4.02. The number of benzene rings is 2. The molecule has 2 aromatic rings. The van der Waals surface area contributed by atoms with E-state index >= 15 is 0 Å². The van der Waals surface area contributed by atoms with Crippen LogP contribution in [0.1, 0.15) is 31.8 Å². The minimum absolute atomic E-state index is 0.672. The monoisotopic (exact) mass is 237 g/mol. The zero-order valence-electron chi connectivity index (χ0n) is 9.87. The van der Waals surface area contributed by atoms with Crippen LogP contribution in [0.15, 0.2) is 48.5 Å². The fraction of sp³-hybridized carbons (Fsp3) is 0.0625. The Balaban J connectivity index is 2.06. The standard InChI is InChI=1S/C16H13O2/c17-11-15-5-1-3-13(9-15)7-8-14-4-2-6-16(10-14)12-18/h1-7,9-12H,8H2. The highest BCUT2D eigenvalue weighted by Crippen LogP contribution is 2.11. The van der Waals surface area contributed by atoms with Gasteiger partial charge < -0.3 is 0 Å². The summed E-state index contributed by atoms with van der Waals surface area (Å²) >= 11 is 0. The third kappa shape index (κ3) is 3.14. The lowest BCUT2D eigenvalue weighted by molar-refractivity contribution is 0.111. The van der Waals surface area contributed by atoms with Crippen LogP contribution in [0.2, 0.25) is 0 Å². The van der Waals surface area contributed by atoms with Gasteiger partial charge in [-0.2, -0.15) is 0 Å². The van der Waals surface area contributed by atoms with Crippen LogP contribution in [-0.4, -0.2) is 12.6 Å². The van der Waals surface area contributed by atoms with Gasteiger partial charge in [-0.25, -0.2) is 0 Å². The van der Waals surface area contributed by atoms with Gasteiger partial charge in [0, 0.05) is 11.1 Å². The normalized spacial score (nSPS) is 10.0. The van der Waals surface area contributed by atoms with Crippen molar-refractivity contribution in [2.45, 2.75) is 6.42 Å². The average Bonchev–Trinajstić information content (AvgIpc) is 2.45. The molecule has 0 unspecified atom stereocenters. The Morgan fingerprint density at radius 1 is 0.778 bits per heavy atom. The van der Waals surface area contributed by atoms with E-state index in [1.807, 2.05) is 42.8 Å². The van der Waals surface area contributed by atoms with E-state index in [2.05, 4.69) is 0 Å². The van der Waals surface area contributed by atoms with Crippen LogP contribution in [0.25, 0.3) is 0 Å². The van der Waals surface area contributed by atoms with Crippen molar-refractivity contribution in [3.63, 3.8) is 0 Å². The predicted molar refractivity (Wildman–Crippen MR) is 70.8 cm³/mol. The van der Waals surface area contributed by atoms with Gasteiger partial charge in [-0.3, -0.25) is 9.59 Å². The van der Waals surface area contributed by atoms with Gasteiger partial charge >= 0.3 is 0 Å². The van der Waals surface area contributed by atoms with Gasteiger partial charge in [-0.05, 0) is 36.1 Å². The molecule has 1 radical (unpaired) electrons. The first kappa shape index (κ1) is 12.2. The lowest BCUT2D eigenvalue weighted by Gasteiger charge is -2.03.